The first-order valence-electron chi connectivity index (χ1n) is 8.28. The van der Waals surface area contributed by atoms with Crippen molar-refractivity contribution in [3.63, 3.8) is 0 Å². The second kappa shape index (κ2) is 64.9. The fourth-order valence-corrected chi connectivity index (χ4v) is 0.337. The van der Waals surface area contributed by atoms with Gasteiger partial charge in [0.05, 0.1) is 11.9 Å². The largest absolute Gasteiger partial charge is 2.00 e. The van der Waals surface area contributed by atoms with Gasteiger partial charge in [-0.05, 0) is 41.2 Å². The van der Waals surface area contributed by atoms with Crippen molar-refractivity contribution in [1.82, 2.24) is 5.32 Å². The van der Waals surface area contributed by atoms with Gasteiger partial charge in [0.15, 0.2) is 5.78 Å². The third-order valence-corrected chi connectivity index (χ3v) is 1.55. The molecular weight excluding hydrogens is 1260 g/mol. The van der Waals surface area contributed by atoms with Crippen molar-refractivity contribution in [2.45, 2.75) is 53.1 Å². The van der Waals surface area contributed by atoms with Crippen LogP contribution in [0.5, 0.6) is 0 Å². The Morgan fingerprint density at radius 3 is 1.26 bits per heavy atom. The van der Waals surface area contributed by atoms with E-state index in [2.05, 4.69) is 37.2 Å². The van der Waals surface area contributed by atoms with Gasteiger partial charge in [-0.2, -0.15) is 13.3 Å². The average Bonchev–Trinajstić information content (AvgIpc) is 2.65. The van der Waals surface area contributed by atoms with Gasteiger partial charge in [-0.3, -0.25) is 23.7 Å². The Kier molecular flexibility index (Phi) is 131. The van der Waals surface area contributed by atoms with Gasteiger partial charge in [0.2, 0.25) is 6.29 Å². The van der Waals surface area contributed by atoms with Crippen LogP contribution in [0.15, 0.2) is 4.99 Å². The molecule has 8 N–H and O–H groups in total. The van der Waals surface area contributed by atoms with Crippen molar-refractivity contribution in [1.29, 1.82) is 0 Å². The quantitative estimate of drug-likeness (QED) is 0.0914. The molecule has 0 aromatic heterocycles. The zero-order valence-corrected chi connectivity index (χ0v) is 34.5. The number of ketones is 3. The number of carbonyl (C=O) groups excluding carboxylic acids is 3. The summed E-state index contributed by atoms with van der Waals surface area (Å²) >= 11 is 0. The van der Waals surface area contributed by atoms with E-state index in [1.165, 1.54) is 20.1 Å². The number of nitrogens with zero attached hydrogens (tertiary/aromatic N) is 2. The summed E-state index contributed by atoms with van der Waals surface area (Å²) in [4.78, 5) is 32.2. The first-order chi connectivity index (χ1) is 13.7. The van der Waals surface area contributed by atoms with Gasteiger partial charge >= 0.3 is 42.1 Å². The summed E-state index contributed by atoms with van der Waals surface area (Å²) < 4.78 is 0. The van der Waals surface area contributed by atoms with E-state index in [1.807, 2.05) is 0 Å². The maximum atomic E-state index is 9.85. The second-order valence-electron chi connectivity index (χ2n) is 5.00. The van der Waals surface area contributed by atoms with E-state index in [1.54, 1.807) is 13.8 Å². The predicted octanol–water partition coefficient (Wildman–Crippen LogP) is 0.0520. The van der Waals surface area contributed by atoms with Crippen LogP contribution in [0.3, 0.4) is 0 Å². The van der Waals surface area contributed by atoms with E-state index in [4.69, 9.17) is 31.6 Å². The fourth-order valence-electron chi connectivity index (χ4n) is 0.337. The molecule has 0 rings (SSSR count). The van der Waals surface area contributed by atoms with E-state index in [-0.39, 0.29) is 132 Å². The Balaban J connectivity index is -0.0000000217. The Morgan fingerprint density at radius 2 is 1.26 bits per heavy atom. The average molecular weight is 1300 g/mol. The van der Waals surface area contributed by atoms with Crippen LogP contribution in [0.4, 0.5) is 0 Å². The summed E-state index contributed by atoms with van der Waals surface area (Å²) in [5.74, 6) is -1.01. The molecule has 0 aliphatic rings. The van der Waals surface area contributed by atoms with Crippen molar-refractivity contribution >= 4 is 53.8 Å². The maximum Gasteiger partial charge on any atom is 2.00 e. The zero-order chi connectivity index (χ0) is 25.7. The number of nitrogens with two attached hydrogens (primary N) is 1. The van der Waals surface area contributed by atoms with Gasteiger partial charge in [0, 0.05) is 48.2 Å². The Bertz CT molecular complexity index is 440. The second-order valence-corrected chi connectivity index (χ2v) is 5.00. The maximum absolute atomic E-state index is 9.85. The van der Waals surface area contributed by atoms with Crippen LogP contribution in [0, 0.1) is 21.1 Å². The summed E-state index contributed by atoms with van der Waals surface area (Å²) in [6, 6.07) is 0. The fraction of sp³-hybridized carbons (Fsp3) is 0.556. The van der Waals surface area contributed by atoms with Crippen molar-refractivity contribution < 1.29 is 119 Å². The van der Waals surface area contributed by atoms with Crippen molar-refractivity contribution in [3.05, 3.63) is 32.3 Å². The molecule has 2 unspecified atom stereocenters. The molecule has 35 heavy (non-hydrogen) atoms. The van der Waals surface area contributed by atoms with E-state index in [9.17, 15) is 14.4 Å². The van der Waals surface area contributed by atoms with Gasteiger partial charge in [-0.15, -0.1) is 30.5 Å². The molecule has 0 aromatic rings. The van der Waals surface area contributed by atoms with Gasteiger partial charge in [0.1, 0.15) is 5.78 Å². The van der Waals surface area contributed by atoms with Gasteiger partial charge in [-0.25, -0.2) is 0 Å². The van der Waals surface area contributed by atoms with Crippen LogP contribution in [-0.2, 0) is 98.6 Å². The monoisotopic (exact) mass is 1300 g/mol. The van der Waals surface area contributed by atoms with Crippen molar-refractivity contribution in [2.75, 3.05) is 13.1 Å². The van der Waals surface area contributed by atoms with Crippen LogP contribution >= 0.6 is 24.0 Å². The number of halogens is 1. The van der Waals surface area contributed by atoms with Crippen molar-refractivity contribution in [2.24, 2.45) is 10.7 Å². The molecule has 0 spiro atoms. The van der Waals surface area contributed by atoms with E-state index in [0.717, 1.165) is 6.92 Å². The molecule has 210 valence electrons. The zero-order valence-electron chi connectivity index (χ0n) is 20.4. The number of aliphatic imine (C=N–C) groups is 1. The Hall–Kier alpha value is 1.42. The molecule has 0 aromatic carbocycles. The van der Waals surface area contributed by atoms with E-state index >= 15 is 0 Å². The van der Waals surface area contributed by atoms with Crippen LogP contribution in [0.25, 0.3) is 11.1 Å². The van der Waals surface area contributed by atoms with Crippen LogP contribution < -0.4 is 11.1 Å². The number of carbonyl (C=O) groups is 3. The van der Waals surface area contributed by atoms with Crippen LogP contribution in [0.2, 0.25) is 0 Å². The number of aliphatic hydroxyl groups is 4. The van der Waals surface area contributed by atoms with Crippen LogP contribution in [0.1, 0.15) is 34.6 Å². The first kappa shape index (κ1) is 70.7. The minimum absolute atomic E-state index is 0. The number of hydrogen-bond donors (Lipinski definition) is 6. The van der Waals surface area contributed by atoms with Gasteiger partial charge < -0.3 is 52.4 Å². The molecule has 0 aliphatic carbocycles. The topological polar surface area (TPSA) is 229 Å². The standard InChI is InChI=1S/C4H10NO.C4H6NO.C3H8NO.C3H4NO.C3H6O3.CH4N.HI.4W/c2*1-4(6)3-5-2;2*1-3(5)2-4;1-2(4)3(5)6;1-2;;;;;/h4-6H,2-3H2,1H3;3H,2H2,1H3;3-5H,2H2,1H3;2H,1H3;3,5-6H,1H3;1-2H2;1H;;;;/q4*-1;;-1;;;;2*+2. The molecule has 0 heterocycles. The number of rotatable bonds is 6. The number of Topliss-reactive ketones (excluding diaryl/α,β-unsaturated/α-hetero) is 3. The number of aliphatic hydroxyl groups excluding tert-OH is 3. The van der Waals surface area contributed by atoms with Crippen molar-refractivity contribution in [3.8, 4) is 0 Å². The smallest absolute Gasteiger partial charge is 0.808 e. The van der Waals surface area contributed by atoms with Crippen LogP contribution in [-0.4, -0.2) is 81.8 Å². The molecule has 2 atom stereocenters. The molecule has 12 nitrogen and oxygen atoms in total. The molecule has 0 aliphatic heterocycles. The SMILES string of the molecule is CC(=O)C(O)O.CC(=O)C=[N-].CC(O)C[NH-].I.[CH2-]N.[CH2-]N=CC(C)=O.[CH2-]NCC(C)O.[W+2].[W+2].[W].[W]. The van der Waals surface area contributed by atoms with E-state index < -0.39 is 18.2 Å². The molecule has 17 heteroatoms. The number of nitrogens with one attached hydrogen (secondary N) is 2. The normalized spacial score (nSPS) is 8.97. The Labute approximate surface area is 284 Å². The van der Waals surface area contributed by atoms with Gasteiger partial charge in [-0.1, -0.05) is 6.21 Å². The summed E-state index contributed by atoms with van der Waals surface area (Å²) in [6.07, 6.45) is -0.817. The van der Waals surface area contributed by atoms with Gasteiger partial charge in [0.25, 0.3) is 0 Å². The summed E-state index contributed by atoms with van der Waals surface area (Å²) in [7, 11) is 9.14. The summed E-state index contributed by atoms with van der Waals surface area (Å²) in [5, 5.41) is 42.5. The molecule has 0 radical (unpaired) electrons. The molecule has 0 fully saturated rings. The summed E-state index contributed by atoms with van der Waals surface area (Å²) in [5.41, 5.74) is 10.7. The molecule has 0 bridgehead atoms. The minimum atomic E-state index is -1.79. The molecule has 0 amide bonds. The molecular formula is C18H39IN5O7W4-. The third kappa shape index (κ3) is 166. The Morgan fingerprint density at radius 1 is 1.00 bits per heavy atom. The third-order valence-electron chi connectivity index (χ3n) is 1.55. The minimum Gasteiger partial charge on any atom is -0.808 e. The number of hydrogen-bond acceptors (Lipinski definition) is 10. The summed E-state index contributed by atoms with van der Waals surface area (Å²) in [6.45, 7) is 7.78. The molecule has 0 saturated carbocycles. The predicted molar refractivity (Wildman–Crippen MR) is 134 cm³/mol. The van der Waals surface area contributed by atoms with E-state index in [0.29, 0.717) is 12.8 Å². The first-order valence-corrected chi connectivity index (χ1v) is 8.28. The molecule has 0 saturated heterocycles.